The van der Waals surface area contributed by atoms with E-state index in [9.17, 15) is 18.0 Å². The zero-order chi connectivity index (χ0) is 14.3. The van der Waals surface area contributed by atoms with Crippen LogP contribution in [0.25, 0.3) is 0 Å². The smallest absolute Gasteiger partial charge is 0.347 e. The molecule has 2 rings (SSSR count). The molecule has 1 aliphatic rings. The first-order chi connectivity index (χ1) is 8.75. The third-order valence-corrected chi connectivity index (χ3v) is 3.16. The molecule has 0 aliphatic heterocycles. The van der Waals surface area contributed by atoms with Crippen molar-refractivity contribution in [1.82, 2.24) is 5.32 Å². The van der Waals surface area contributed by atoms with Crippen molar-refractivity contribution in [2.24, 2.45) is 5.84 Å². The number of nitrogen functional groups attached to an aromatic ring is 1. The van der Waals surface area contributed by atoms with Crippen LogP contribution >= 0.6 is 0 Å². The van der Waals surface area contributed by atoms with Gasteiger partial charge in [0.2, 0.25) is 0 Å². The Kier molecular flexibility index (Phi) is 3.17. The summed E-state index contributed by atoms with van der Waals surface area (Å²) in [7, 11) is 0. The van der Waals surface area contributed by atoms with E-state index in [1.165, 1.54) is 0 Å². The van der Waals surface area contributed by atoms with Gasteiger partial charge in [-0.05, 0) is 38.0 Å². The van der Waals surface area contributed by atoms with Gasteiger partial charge in [0, 0.05) is 5.54 Å². The van der Waals surface area contributed by atoms with E-state index < -0.39 is 17.6 Å². The molecule has 0 unspecified atom stereocenters. The summed E-state index contributed by atoms with van der Waals surface area (Å²) in [4.78, 5) is 12.0. The Morgan fingerprint density at radius 3 is 2.47 bits per heavy atom. The van der Waals surface area contributed by atoms with Crippen molar-refractivity contribution in [2.75, 3.05) is 5.43 Å². The van der Waals surface area contributed by atoms with Gasteiger partial charge in [-0.3, -0.25) is 10.6 Å². The summed E-state index contributed by atoms with van der Waals surface area (Å²) >= 11 is 0. The number of hydrogen-bond acceptors (Lipinski definition) is 3. The van der Waals surface area contributed by atoms with Crippen LogP contribution < -0.4 is 16.6 Å². The second-order valence-corrected chi connectivity index (χ2v) is 4.92. The van der Waals surface area contributed by atoms with Gasteiger partial charge in [0.1, 0.15) is 0 Å². The minimum atomic E-state index is -4.49. The Balaban J connectivity index is 2.33. The van der Waals surface area contributed by atoms with Crippen molar-refractivity contribution < 1.29 is 18.0 Å². The normalized spacial score (nSPS) is 16.9. The maximum Gasteiger partial charge on any atom is 0.416 e. The van der Waals surface area contributed by atoms with Crippen LogP contribution in [0.5, 0.6) is 0 Å². The molecule has 4 nitrogen and oxygen atoms in total. The Morgan fingerprint density at radius 2 is 2.00 bits per heavy atom. The lowest BCUT2D eigenvalue weighted by atomic mass is 10.1. The molecule has 1 aromatic rings. The van der Waals surface area contributed by atoms with E-state index in [4.69, 9.17) is 5.84 Å². The number of anilines is 1. The SMILES string of the molecule is CC1(NC(=O)c2cc(C(F)(F)F)ccc2NN)CC1. The summed E-state index contributed by atoms with van der Waals surface area (Å²) in [5.41, 5.74) is 1.10. The fourth-order valence-electron chi connectivity index (χ4n) is 1.69. The van der Waals surface area contributed by atoms with Crippen molar-refractivity contribution in [3.05, 3.63) is 29.3 Å². The monoisotopic (exact) mass is 273 g/mol. The van der Waals surface area contributed by atoms with Crippen molar-refractivity contribution >= 4 is 11.6 Å². The average Bonchev–Trinajstić information content (AvgIpc) is 3.04. The van der Waals surface area contributed by atoms with Crippen LogP contribution in [0.4, 0.5) is 18.9 Å². The van der Waals surface area contributed by atoms with E-state index in [1.54, 1.807) is 0 Å². The second-order valence-electron chi connectivity index (χ2n) is 4.92. The molecular formula is C12H14F3N3O. The molecule has 1 aliphatic carbocycles. The molecule has 7 heteroatoms. The zero-order valence-electron chi connectivity index (χ0n) is 10.3. The molecule has 0 spiro atoms. The van der Waals surface area contributed by atoms with Gasteiger partial charge in [-0.1, -0.05) is 0 Å². The molecule has 19 heavy (non-hydrogen) atoms. The first kappa shape index (κ1) is 13.7. The summed E-state index contributed by atoms with van der Waals surface area (Å²) in [5.74, 6) is 4.66. The highest BCUT2D eigenvalue weighted by Crippen LogP contribution is 2.36. The molecule has 4 N–H and O–H groups in total. The number of hydrazine groups is 1. The quantitative estimate of drug-likeness (QED) is 0.584. The minimum Gasteiger partial charge on any atom is -0.347 e. The highest BCUT2D eigenvalue weighted by Gasteiger charge is 2.39. The van der Waals surface area contributed by atoms with Crippen LogP contribution in [0.1, 0.15) is 35.7 Å². The number of halogens is 3. The van der Waals surface area contributed by atoms with Crippen LogP contribution in [-0.2, 0) is 6.18 Å². The van der Waals surface area contributed by atoms with E-state index in [1.807, 2.05) is 6.92 Å². The number of nitrogens with one attached hydrogen (secondary N) is 2. The van der Waals surface area contributed by atoms with E-state index in [-0.39, 0.29) is 16.8 Å². The van der Waals surface area contributed by atoms with E-state index in [0.29, 0.717) is 0 Å². The van der Waals surface area contributed by atoms with Crippen molar-refractivity contribution in [3.8, 4) is 0 Å². The van der Waals surface area contributed by atoms with E-state index in [2.05, 4.69) is 10.7 Å². The number of amides is 1. The Bertz CT molecular complexity index is 509. The van der Waals surface area contributed by atoms with Crippen molar-refractivity contribution in [3.63, 3.8) is 0 Å². The van der Waals surface area contributed by atoms with Gasteiger partial charge in [-0.15, -0.1) is 0 Å². The van der Waals surface area contributed by atoms with Gasteiger partial charge in [0.25, 0.3) is 5.91 Å². The third-order valence-electron chi connectivity index (χ3n) is 3.16. The highest BCUT2D eigenvalue weighted by molar-refractivity contribution is 6.00. The molecule has 0 saturated heterocycles. The summed E-state index contributed by atoms with van der Waals surface area (Å²) in [5, 5.41) is 2.70. The molecule has 1 amide bonds. The number of hydrogen-bond donors (Lipinski definition) is 3. The van der Waals surface area contributed by atoms with Crippen LogP contribution in [0.2, 0.25) is 0 Å². The molecule has 104 valence electrons. The maximum absolute atomic E-state index is 12.6. The zero-order valence-corrected chi connectivity index (χ0v) is 10.3. The number of carbonyl (C=O) groups is 1. The Morgan fingerprint density at radius 1 is 1.37 bits per heavy atom. The summed E-state index contributed by atoms with van der Waals surface area (Å²) < 4.78 is 37.9. The van der Waals surface area contributed by atoms with Gasteiger partial charge >= 0.3 is 6.18 Å². The van der Waals surface area contributed by atoms with Gasteiger partial charge < -0.3 is 10.7 Å². The van der Waals surface area contributed by atoms with Crippen LogP contribution in [0.3, 0.4) is 0 Å². The van der Waals surface area contributed by atoms with Crippen molar-refractivity contribution in [1.29, 1.82) is 0 Å². The average molecular weight is 273 g/mol. The number of benzene rings is 1. The Labute approximate surface area is 108 Å². The molecule has 0 radical (unpaired) electrons. The molecule has 0 aromatic heterocycles. The third kappa shape index (κ3) is 2.98. The van der Waals surface area contributed by atoms with Gasteiger partial charge in [0.05, 0.1) is 16.8 Å². The fourth-order valence-corrected chi connectivity index (χ4v) is 1.69. The van der Waals surface area contributed by atoms with Crippen LogP contribution in [0.15, 0.2) is 18.2 Å². The number of alkyl halides is 3. The topological polar surface area (TPSA) is 67.2 Å². The highest BCUT2D eigenvalue weighted by atomic mass is 19.4. The first-order valence-electron chi connectivity index (χ1n) is 5.75. The molecule has 0 atom stereocenters. The predicted molar refractivity (Wildman–Crippen MR) is 64.4 cm³/mol. The summed E-state index contributed by atoms with van der Waals surface area (Å²) in [6.45, 7) is 1.84. The summed E-state index contributed by atoms with van der Waals surface area (Å²) in [6.07, 6.45) is -2.85. The molecule has 1 aromatic carbocycles. The Hall–Kier alpha value is -1.76. The predicted octanol–water partition coefficient (Wildman–Crippen LogP) is 2.27. The van der Waals surface area contributed by atoms with Gasteiger partial charge in [0.15, 0.2) is 0 Å². The maximum atomic E-state index is 12.6. The van der Waals surface area contributed by atoms with Gasteiger partial charge in [-0.2, -0.15) is 13.2 Å². The standard InChI is InChI=1S/C12H14F3N3O/c1-11(4-5-11)17-10(19)8-6-7(12(13,14)15)2-3-9(8)18-16/h2-3,6,18H,4-5,16H2,1H3,(H,17,19). The first-order valence-corrected chi connectivity index (χ1v) is 5.75. The van der Waals surface area contributed by atoms with E-state index >= 15 is 0 Å². The molecular weight excluding hydrogens is 259 g/mol. The fraction of sp³-hybridized carbons (Fsp3) is 0.417. The largest absolute Gasteiger partial charge is 0.416 e. The lowest BCUT2D eigenvalue weighted by Gasteiger charge is -2.16. The second kappa shape index (κ2) is 4.41. The minimum absolute atomic E-state index is 0.106. The summed E-state index contributed by atoms with van der Waals surface area (Å²) in [6, 6.07) is 2.83. The molecule has 0 bridgehead atoms. The number of rotatable bonds is 3. The lowest BCUT2D eigenvalue weighted by molar-refractivity contribution is -0.137. The molecule has 1 saturated carbocycles. The number of carbonyl (C=O) groups excluding carboxylic acids is 1. The molecule has 0 heterocycles. The van der Waals surface area contributed by atoms with Gasteiger partial charge in [-0.25, -0.2) is 0 Å². The number of nitrogens with two attached hydrogens (primary N) is 1. The lowest BCUT2D eigenvalue weighted by Crippen LogP contribution is -2.35. The van der Waals surface area contributed by atoms with E-state index in [0.717, 1.165) is 31.0 Å². The van der Waals surface area contributed by atoms with Crippen molar-refractivity contribution in [2.45, 2.75) is 31.5 Å². The van der Waals surface area contributed by atoms with Crippen LogP contribution in [-0.4, -0.2) is 11.4 Å². The van der Waals surface area contributed by atoms with Crippen LogP contribution in [0, 0.1) is 0 Å². The molecule has 1 fully saturated rings.